The molecule has 0 spiro atoms. The molecule has 0 saturated heterocycles. The molecule has 0 saturated carbocycles. The maximum atomic E-state index is 12.0. The second-order valence-electron chi connectivity index (χ2n) is 4.43. The van der Waals surface area contributed by atoms with Crippen LogP contribution in [0.4, 0.5) is 11.5 Å². The Balaban J connectivity index is 2.12. The summed E-state index contributed by atoms with van der Waals surface area (Å²) in [6.07, 6.45) is 0. The van der Waals surface area contributed by atoms with Crippen molar-refractivity contribution < 1.29 is 14.1 Å². The Morgan fingerprint density at radius 2 is 2.10 bits per heavy atom. The lowest BCUT2D eigenvalue weighted by atomic mass is 10.2. The van der Waals surface area contributed by atoms with Crippen LogP contribution < -0.4 is 10.2 Å². The minimum Gasteiger partial charge on any atom is -0.360 e. The Morgan fingerprint density at radius 1 is 1.38 bits per heavy atom. The number of para-hydroxylation sites is 1. The van der Waals surface area contributed by atoms with Crippen LogP contribution in [0.2, 0.25) is 5.02 Å². The van der Waals surface area contributed by atoms with Gasteiger partial charge in [-0.2, -0.15) is 0 Å². The third-order valence-corrected chi connectivity index (χ3v) is 3.04. The van der Waals surface area contributed by atoms with Crippen LogP contribution in [0.25, 0.3) is 0 Å². The number of amides is 2. The highest BCUT2D eigenvalue weighted by atomic mass is 35.5. The highest BCUT2D eigenvalue weighted by Crippen LogP contribution is 2.25. The molecule has 1 aromatic carbocycles. The fourth-order valence-electron chi connectivity index (χ4n) is 1.79. The number of aromatic nitrogens is 1. The lowest BCUT2D eigenvalue weighted by Crippen LogP contribution is -2.36. The van der Waals surface area contributed by atoms with Crippen molar-refractivity contribution in [1.29, 1.82) is 0 Å². The number of benzene rings is 1. The lowest BCUT2D eigenvalue weighted by molar-refractivity contribution is -0.120. The van der Waals surface area contributed by atoms with Crippen LogP contribution in [0, 0.1) is 6.92 Å². The number of carbonyl (C=O) groups is 2. The average Bonchev–Trinajstić information content (AvgIpc) is 2.82. The zero-order valence-electron chi connectivity index (χ0n) is 11.6. The highest BCUT2D eigenvalue weighted by Gasteiger charge is 2.18. The zero-order valence-corrected chi connectivity index (χ0v) is 12.3. The Hall–Kier alpha value is -2.34. The van der Waals surface area contributed by atoms with E-state index in [1.807, 2.05) is 0 Å². The van der Waals surface area contributed by atoms with Gasteiger partial charge in [0.05, 0.1) is 10.7 Å². The number of hydrogen-bond donors (Lipinski definition) is 1. The predicted octanol–water partition coefficient (Wildman–Crippen LogP) is 2.63. The second kappa shape index (κ2) is 6.41. The first-order chi connectivity index (χ1) is 9.97. The van der Waals surface area contributed by atoms with E-state index in [0.717, 1.165) is 0 Å². The Morgan fingerprint density at radius 3 is 2.67 bits per heavy atom. The van der Waals surface area contributed by atoms with E-state index < -0.39 is 5.91 Å². The number of carbonyl (C=O) groups excluding carboxylic acids is 2. The molecule has 0 aliphatic rings. The van der Waals surface area contributed by atoms with Gasteiger partial charge in [0, 0.05) is 13.0 Å². The van der Waals surface area contributed by atoms with Crippen molar-refractivity contribution in [1.82, 2.24) is 5.16 Å². The van der Waals surface area contributed by atoms with Crippen molar-refractivity contribution in [2.24, 2.45) is 0 Å². The molecule has 0 bridgehead atoms. The van der Waals surface area contributed by atoms with Gasteiger partial charge in [0.2, 0.25) is 11.8 Å². The molecule has 0 unspecified atom stereocenters. The summed E-state index contributed by atoms with van der Waals surface area (Å²) in [5, 5.41) is 6.62. The van der Waals surface area contributed by atoms with Crippen LogP contribution >= 0.6 is 11.6 Å². The Labute approximate surface area is 126 Å². The zero-order chi connectivity index (χ0) is 15.4. The molecule has 1 heterocycles. The van der Waals surface area contributed by atoms with Crippen LogP contribution in [0.1, 0.15) is 12.7 Å². The van der Waals surface area contributed by atoms with Gasteiger partial charge in [-0.3, -0.25) is 9.59 Å². The lowest BCUT2D eigenvalue weighted by Gasteiger charge is -2.21. The maximum Gasteiger partial charge on any atom is 0.245 e. The third kappa shape index (κ3) is 3.82. The third-order valence-electron chi connectivity index (χ3n) is 2.72. The molecule has 110 valence electrons. The van der Waals surface area contributed by atoms with Gasteiger partial charge in [-0.15, -0.1) is 0 Å². The fraction of sp³-hybridized carbons (Fsp3) is 0.214. The standard InChI is InChI=1S/C14H14ClN3O3/c1-9-7-13(17-21-9)16-14(20)8-18(10(2)19)12-6-4-3-5-11(12)15/h3-7H,8H2,1-2H3,(H,16,17,20). The SMILES string of the molecule is CC(=O)N(CC(=O)Nc1cc(C)on1)c1ccccc1Cl. The number of rotatable bonds is 4. The highest BCUT2D eigenvalue weighted by molar-refractivity contribution is 6.33. The first kappa shape index (κ1) is 15.1. The van der Waals surface area contributed by atoms with Crippen LogP contribution in [0.15, 0.2) is 34.9 Å². The van der Waals surface area contributed by atoms with Crippen LogP contribution in [0.3, 0.4) is 0 Å². The molecule has 2 rings (SSSR count). The van der Waals surface area contributed by atoms with Gasteiger partial charge in [0.15, 0.2) is 5.82 Å². The Bertz CT molecular complexity index is 669. The molecule has 2 aromatic rings. The summed E-state index contributed by atoms with van der Waals surface area (Å²) in [7, 11) is 0. The molecular weight excluding hydrogens is 294 g/mol. The number of nitrogens with zero attached hydrogens (tertiary/aromatic N) is 2. The number of halogens is 1. The molecule has 0 radical (unpaired) electrons. The fourth-order valence-corrected chi connectivity index (χ4v) is 2.03. The first-order valence-electron chi connectivity index (χ1n) is 6.23. The smallest absolute Gasteiger partial charge is 0.245 e. The number of nitrogens with one attached hydrogen (secondary N) is 1. The van der Waals surface area contributed by atoms with E-state index in [1.54, 1.807) is 37.3 Å². The van der Waals surface area contributed by atoms with Crippen LogP contribution in [0.5, 0.6) is 0 Å². The van der Waals surface area contributed by atoms with E-state index in [9.17, 15) is 9.59 Å². The molecule has 2 amide bonds. The van der Waals surface area contributed by atoms with E-state index >= 15 is 0 Å². The van der Waals surface area contributed by atoms with Gasteiger partial charge in [0.25, 0.3) is 0 Å². The Kier molecular flexibility index (Phi) is 4.59. The monoisotopic (exact) mass is 307 g/mol. The molecule has 0 aliphatic heterocycles. The van der Waals surface area contributed by atoms with Gasteiger partial charge in [0.1, 0.15) is 12.3 Å². The largest absolute Gasteiger partial charge is 0.360 e. The molecule has 0 atom stereocenters. The van der Waals surface area contributed by atoms with Crippen molar-refractivity contribution in [2.75, 3.05) is 16.8 Å². The summed E-state index contributed by atoms with van der Waals surface area (Å²) in [6, 6.07) is 8.42. The maximum absolute atomic E-state index is 12.0. The summed E-state index contributed by atoms with van der Waals surface area (Å²) in [4.78, 5) is 25.0. The molecule has 1 N–H and O–H groups in total. The van der Waals surface area contributed by atoms with Crippen molar-refractivity contribution in [2.45, 2.75) is 13.8 Å². The van der Waals surface area contributed by atoms with E-state index in [4.69, 9.17) is 16.1 Å². The van der Waals surface area contributed by atoms with Gasteiger partial charge in [-0.1, -0.05) is 28.9 Å². The predicted molar refractivity (Wildman–Crippen MR) is 79.3 cm³/mol. The molecule has 21 heavy (non-hydrogen) atoms. The van der Waals surface area contributed by atoms with Crippen molar-refractivity contribution >= 4 is 34.9 Å². The molecule has 6 nitrogen and oxygen atoms in total. The van der Waals surface area contributed by atoms with Crippen LogP contribution in [-0.4, -0.2) is 23.5 Å². The number of aryl methyl sites for hydroxylation is 1. The molecule has 0 fully saturated rings. The van der Waals surface area contributed by atoms with Gasteiger partial charge in [-0.25, -0.2) is 0 Å². The number of anilines is 2. The average molecular weight is 308 g/mol. The summed E-state index contributed by atoms with van der Waals surface area (Å²) in [5.74, 6) is 0.216. The van der Waals surface area contributed by atoms with Gasteiger partial charge >= 0.3 is 0 Å². The molecular formula is C14H14ClN3O3. The normalized spacial score (nSPS) is 10.2. The van der Waals surface area contributed by atoms with Crippen molar-refractivity contribution in [3.63, 3.8) is 0 Å². The van der Waals surface area contributed by atoms with E-state index in [-0.39, 0.29) is 12.5 Å². The van der Waals surface area contributed by atoms with Gasteiger partial charge < -0.3 is 14.7 Å². The van der Waals surface area contributed by atoms with Crippen LogP contribution in [-0.2, 0) is 9.59 Å². The molecule has 1 aromatic heterocycles. The summed E-state index contributed by atoms with van der Waals surface area (Å²) >= 11 is 6.06. The van der Waals surface area contributed by atoms with Crippen molar-refractivity contribution in [3.8, 4) is 0 Å². The second-order valence-corrected chi connectivity index (χ2v) is 4.83. The first-order valence-corrected chi connectivity index (χ1v) is 6.61. The van der Waals surface area contributed by atoms with E-state index in [1.165, 1.54) is 11.8 Å². The number of hydrogen-bond acceptors (Lipinski definition) is 4. The van der Waals surface area contributed by atoms with E-state index in [0.29, 0.717) is 22.3 Å². The van der Waals surface area contributed by atoms with E-state index in [2.05, 4.69) is 10.5 Å². The topological polar surface area (TPSA) is 75.4 Å². The van der Waals surface area contributed by atoms with Crippen molar-refractivity contribution in [3.05, 3.63) is 41.1 Å². The summed E-state index contributed by atoms with van der Waals surface area (Å²) in [5.41, 5.74) is 0.484. The summed E-state index contributed by atoms with van der Waals surface area (Å²) in [6.45, 7) is 2.93. The quantitative estimate of drug-likeness (QED) is 0.942. The molecule has 7 heteroatoms. The molecule has 0 aliphatic carbocycles. The summed E-state index contributed by atoms with van der Waals surface area (Å²) < 4.78 is 4.86. The minimum absolute atomic E-state index is 0.162. The van der Waals surface area contributed by atoms with Gasteiger partial charge in [-0.05, 0) is 19.1 Å². The minimum atomic E-state index is -0.390.